The number of sulfonamides is 1. The second-order valence-corrected chi connectivity index (χ2v) is 15.7. The second kappa shape index (κ2) is 16.3. The number of aromatic nitrogens is 3. The van der Waals surface area contributed by atoms with Crippen LogP contribution in [0.15, 0.2) is 108 Å². The molecule has 2 aromatic heterocycles. The van der Waals surface area contributed by atoms with Gasteiger partial charge in [0, 0.05) is 52.5 Å². The van der Waals surface area contributed by atoms with Crippen LogP contribution >= 0.6 is 0 Å². The standard InChI is InChI=1S/C40H48N6O4S/c1-30(2)27-38(43(4)51(48,49)35-17-15-32(16-18-35)29-46-31(3)42-36-28-41-20-19-37(36)46)40(47)50-26-25-44-21-23-45(24-22-44)39(33-11-7-5-8-12-33)34-13-9-6-10-14-34/h5-20,28,30,38-39H,21-27,29H2,1-4H3/t38-/m0/s1. The normalized spacial score (nSPS) is 15.2. The summed E-state index contributed by atoms with van der Waals surface area (Å²) in [6.45, 7) is 10.7. The van der Waals surface area contributed by atoms with Crippen molar-refractivity contribution < 1.29 is 17.9 Å². The number of pyridine rings is 1. The third-order valence-electron chi connectivity index (χ3n) is 9.74. The van der Waals surface area contributed by atoms with Crippen molar-refractivity contribution in [1.29, 1.82) is 0 Å². The summed E-state index contributed by atoms with van der Waals surface area (Å²) in [5.74, 6) is 0.419. The number of benzene rings is 3. The Morgan fingerprint density at radius 1 is 0.882 bits per heavy atom. The number of piperazine rings is 1. The van der Waals surface area contributed by atoms with Crippen LogP contribution in [0.3, 0.4) is 0 Å². The van der Waals surface area contributed by atoms with E-state index in [0.29, 0.717) is 19.5 Å². The van der Waals surface area contributed by atoms with Gasteiger partial charge in [-0.3, -0.25) is 19.6 Å². The highest BCUT2D eigenvalue weighted by atomic mass is 32.2. The van der Waals surface area contributed by atoms with Gasteiger partial charge in [0.2, 0.25) is 10.0 Å². The lowest BCUT2D eigenvalue weighted by atomic mass is 9.96. The summed E-state index contributed by atoms with van der Waals surface area (Å²) in [6.07, 6.45) is 3.82. The monoisotopic (exact) mass is 708 g/mol. The molecule has 51 heavy (non-hydrogen) atoms. The first-order valence-electron chi connectivity index (χ1n) is 17.7. The first-order chi connectivity index (χ1) is 24.6. The SMILES string of the molecule is Cc1nc2cnccc2n1Cc1ccc(S(=O)(=O)N(C)[C@@H](CC(C)C)C(=O)OCCN2CCN(C(c3ccccc3)c3ccccc3)CC2)cc1. The summed E-state index contributed by atoms with van der Waals surface area (Å²) in [7, 11) is -2.49. The van der Waals surface area contributed by atoms with Gasteiger partial charge in [-0.2, -0.15) is 4.31 Å². The first kappa shape index (κ1) is 36.4. The van der Waals surface area contributed by atoms with E-state index < -0.39 is 22.0 Å². The number of rotatable bonds is 14. The maximum atomic E-state index is 13.8. The molecule has 0 spiro atoms. The predicted molar refractivity (Wildman–Crippen MR) is 200 cm³/mol. The van der Waals surface area contributed by atoms with E-state index in [9.17, 15) is 13.2 Å². The van der Waals surface area contributed by atoms with Crippen LogP contribution in [-0.4, -0.2) is 95.4 Å². The van der Waals surface area contributed by atoms with Crippen molar-refractivity contribution in [3.05, 3.63) is 126 Å². The quantitative estimate of drug-likeness (QED) is 0.134. The number of likely N-dealkylation sites (N-methyl/N-ethyl adjacent to an activating group) is 1. The molecule has 10 nitrogen and oxygen atoms in total. The van der Waals surface area contributed by atoms with E-state index in [-0.39, 0.29) is 23.5 Å². The van der Waals surface area contributed by atoms with E-state index in [1.54, 1.807) is 24.5 Å². The summed E-state index contributed by atoms with van der Waals surface area (Å²) >= 11 is 0. The van der Waals surface area contributed by atoms with Gasteiger partial charge in [0.1, 0.15) is 24.0 Å². The Kier molecular flexibility index (Phi) is 11.6. The maximum Gasteiger partial charge on any atom is 0.324 e. The third kappa shape index (κ3) is 8.56. The Morgan fingerprint density at radius 3 is 2.12 bits per heavy atom. The van der Waals surface area contributed by atoms with E-state index in [1.165, 1.54) is 22.5 Å². The zero-order chi connectivity index (χ0) is 36.0. The number of carbonyl (C=O) groups excluding carboxylic acids is 1. The summed E-state index contributed by atoms with van der Waals surface area (Å²) in [5, 5.41) is 0. The van der Waals surface area contributed by atoms with Crippen LogP contribution in [-0.2, 0) is 26.1 Å². The fourth-order valence-corrected chi connectivity index (χ4v) is 8.25. The Bertz CT molecular complexity index is 1950. The molecule has 5 aromatic rings. The third-order valence-corrected chi connectivity index (χ3v) is 11.6. The molecule has 0 bridgehead atoms. The molecule has 6 rings (SSSR count). The lowest BCUT2D eigenvalue weighted by molar-refractivity contribution is -0.149. The van der Waals surface area contributed by atoms with E-state index >= 15 is 0 Å². The van der Waals surface area contributed by atoms with Crippen LogP contribution in [0, 0.1) is 12.8 Å². The van der Waals surface area contributed by atoms with Crippen molar-refractivity contribution in [2.24, 2.45) is 5.92 Å². The number of hydrogen-bond donors (Lipinski definition) is 0. The largest absolute Gasteiger partial charge is 0.463 e. The second-order valence-electron chi connectivity index (χ2n) is 13.7. The lowest BCUT2D eigenvalue weighted by Gasteiger charge is -2.39. The fourth-order valence-electron chi connectivity index (χ4n) is 6.93. The van der Waals surface area contributed by atoms with E-state index in [2.05, 4.69) is 72.9 Å². The lowest BCUT2D eigenvalue weighted by Crippen LogP contribution is -2.49. The van der Waals surface area contributed by atoms with E-state index in [0.717, 1.165) is 48.6 Å². The van der Waals surface area contributed by atoms with E-state index in [4.69, 9.17) is 4.74 Å². The average Bonchev–Trinajstić information content (AvgIpc) is 3.46. The fraction of sp³-hybridized carbons (Fsp3) is 0.375. The average molecular weight is 709 g/mol. The Morgan fingerprint density at radius 2 is 1.51 bits per heavy atom. The molecule has 3 aromatic carbocycles. The minimum atomic E-state index is -3.97. The molecule has 1 saturated heterocycles. The van der Waals surface area contributed by atoms with Crippen molar-refractivity contribution in [2.45, 2.75) is 50.7 Å². The van der Waals surface area contributed by atoms with Gasteiger partial charge in [0.15, 0.2) is 0 Å². The minimum Gasteiger partial charge on any atom is -0.463 e. The van der Waals surface area contributed by atoms with Gasteiger partial charge in [0.05, 0.1) is 22.7 Å². The molecule has 0 saturated carbocycles. The Hall–Kier alpha value is -4.42. The molecular formula is C40H48N6O4S. The van der Waals surface area contributed by atoms with Crippen molar-refractivity contribution >= 4 is 27.0 Å². The number of aryl methyl sites for hydroxylation is 1. The Balaban J connectivity index is 1.05. The van der Waals surface area contributed by atoms with Gasteiger partial charge >= 0.3 is 5.97 Å². The summed E-state index contributed by atoms with van der Waals surface area (Å²) in [5.41, 5.74) is 5.26. The molecule has 0 radical (unpaired) electrons. The molecule has 1 aliphatic rings. The van der Waals surface area contributed by atoms with E-state index in [1.807, 2.05) is 51.1 Å². The number of imidazole rings is 1. The van der Waals surface area contributed by atoms with Gasteiger partial charge < -0.3 is 9.30 Å². The van der Waals surface area contributed by atoms with Crippen LogP contribution in [0.25, 0.3) is 11.0 Å². The van der Waals surface area contributed by atoms with Gasteiger partial charge in [-0.1, -0.05) is 86.6 Å². The zero-order valence-electron chi connectivity index (χ0n) is 29.9. The number of ether oxygens (including phenoxy) is 1. The molecule has 268 valence electrons. The number of hydrogen-bond acceptors (Lipinski definition) is 8. The van der Waals surface area contributed by atoms with Crippen molar-refractivity contribution in [3.8, 4) is 0 Å². The Labute approximate surface area is 301 Å². The van der Waals surface area contributed by atoms with Crippen LogP contribution < -0.4 is 0 Å². The molecule has 1 fully saturated rings. The molecular weight excluding hydrogens is 661 g/mol. The molecule has 0 aliphatic carbocycles. The smallest absolute Gasteiger partial charge is 0.324 e. The van der Waals surface area contributed by atoms with Gasteiger partial charge in [0.25, 0.3) is 0 Å². The van der Waals surface area contributed by atoms with Crippen molar-refractivity contribution in [1.82, 2.24) is 28.6 Å². The number of carbonyl (C=O) groups is 1. The van der Waals surface area contributed by atoms with Crippen LogP contribution in [0.5, 0.6) is 0 Å². The van der Waals surface area contributed by atoms with Crippen molar-refractivity contribution in [3.63, 3.8) is 0 Å². The highest BCUT2D eigenvalue weighted by Crippen LogP contribution is 2.29. The van der Waals surface area contributed by atoms with Crippen LogP contribution in [0.4, 0.5) is 0 Å². The number of nitrogens with zero attached hydrogens (tertiary/aromatic N) is 6. The molecule has 3 heterocycles. The summed E-state index contributed by atoms with van der Waals surface area (Å²) < 4.78 is 36.7. The van der Waals surface area contributed by atoms with Gasteiger partial charge in [-0.15, -0.1) is 0 Å². The zero-order valence-corrected chi connectivity index (χ0v) is 30.7. The van der Waals surface area contributed by atoms with Crippen LogP contribution in [0.2, 0.25) is 0 Å². The predicted octanol–water partition coefficient (Wildman–Crippen LogP) is 5.77. The van der Waals surface area contributed by atoms with Gasteiger partial charge in [-0.05, 0) is 54.2 Å². The molecule has 0 unspecified atom stereocenters. The first-order valence-corrected chi connectivity index (χ1v) is 19.1. The molecule has 0 N–H and O–H groups in total. The maximum absolute atomic E-state index is 13.8. The molecule has 1 aliphatic heterocycles. The number of fused-ring (bicyclic) bond motifs is 1. The highest BCUT2D eigenvalue weighted by molar-refractivity contribution is 7.89. The van der Waals surface area contributed by atoms with Crippen molar-refractivity contribution in [2.75, 3.05) is 46.4 Å². The van der Waals surface area contributed by atoms with Crippen LogP contribution in [0.1, 0.15) is 48.8 Å². The highest BCUT2D eigenvalue weighted by Gasteiger charge is 2.35. The topological polar surface area (TPSA) is 101 Å². The number of esters is 1. The minimum absolute atomic E-state index is 0.0845. The summed E-state index contributed by atoms with van der Waals surface area (Å²) in [6, 6.07) is 29.2. The van der Waals surface area contributed by atoms with Gasteiger partial charge in [-0.25, -0.2) is 13.4 Å². The molecule has 0 amide bonds. The molecule has 1 atom stereocenters. The summed E-state index contributed by atoms with van der Waals surface area (Å²) in [4.78, 5) is 27.2. The molecule has 11 heteroatoms.